The number of hydrogen-bond donors (Lipinski definition) is 1. The first-order valence-electron chi connectivity index (χ1n) is 6.12. The second kappa shape index (κ2) is 8.03. The van der Waals surface area contributed by atoms with E-state index in [0.29, 0.717) is 0 Å². The molecule has 0 spiro atoms. The molecule has 4 nitrogen and oxygen atoms in total. The molecule has 1 aromatic heterocycles. The van der Waals surface area contributed by atoms with Gasteiger partial charge in [-0.1, -0.05) is 13.0 Å². The lowest BCUT2D eigenvalue weighted by Crippen LogP contribution is -2.22. The first-order valence-corrected chi connectivity index (χ1v) is 6.12. The Hall–Kier alpha value is -1.13. The number of rotatable bonds is 8. The number of ether oxygens (including phenoxy) is 1. The van der Waals surface area contributed by atoms with Crippen LogP contribution in [0.2, 0.25) is 0 Å². The van der Waals surface area contributed by atoms with Gasteiger partial charge < -0.3 is 10.1 Å². The number of aromatic nitrogens is 1. The predicted octanol–water partition coefficient (Wildman–Crippen LogP) is 1.98. The number of nitrogens with zero attached hydrogens (tertiary/aromatic N) is 2. The third kappa shape index (κ3) is 5.65. The summed E-state index contributed by atoms with van der Waals surface area (Å²) < 4.78 is 5.05. The Labute approximate surface area is 104 Å². The van der Waals surface area contributed by atoms with Gasteiger partial charge in [0.15, 0.2) is 0 Å². The standard InChI is InChI=1S/C13H23N3O/c1-4-7-14-13-6-5-12(10-15-13)11-16(2)8-9-17-3/h5-6,10H,4,7-9,11H2,1-3H3,(H,14,15). The summed E-state index contributed by atoms with van der Waals surface area (Å²) in [5.41, 5.74) is 1.23. The first-order chi connectivity index (χ1) is 8.26. The van der Waals surface area contributed by atoms with Gasteiger partial charge in [-0.15, -0.1) is 0 Å². The van der Waals surface area contributed by atoms with E-state index >= 15 is 0 Å². The van der Waals surface area contributed by atoms with Crippen LogP contribution in [0.25, 0.3) is 0 Å². The number of hydrogen-bond acceptors (Lipinski definition) is 4. The van der Waals surface area contributed by atoms with E-state index in [2.05, 4.69) is 35.2 Å². The van der Waals surface area contributed by atoms with Crippen LogP contribution >= 0.6 is 0 Å². The molecule has 0 atom stereocenters. The molecule has 0 radical (unpaired) electrons. The molecule has 1 N–H and O–H groups in total. The van der Waals surface area contributed by atoms with Gasteiger partial charge in [-0.2, -0.15) is 0 Å². The average molecular weight is 237 g/mol. The smallest absolute Gasteiger partial charge is 0.125 e. The summed E-state index contributed by atoms with van der Waals surface area (Å²) in [5.74, 6) is 0.954. The minimum absolute atomic E-state index is 0.764. The molecular weight excluding hydrogens is 214 g/mol. The Morgan fingerprint density at radius 1 is 1.41 bits per heavy atom. The minimum atomic E-state index is 0.764. The summed E-state index contributed by atoms with van der Waals surface area (Å²) in [6.45, 7) is 5.73. The minimum Gasteiger partial charge on any atom is -0.383 e. The summed E-state index contributed by atoms with van der Waals surface area (Å²) in [6, 6.07) is 4.16. The van der Waals surface area contributed by atoms with Crippen molar-refractivity contribution in [3.63, 3.8) is 0 Å². The van der Waals surface area contributed by atoms with Gasteiger partial charge in [-0.25, -0.2) is 4.98 Å². The Balaban J connectivity index is 2.39. The molecule has 4 heteroatoms. The second-order valence-electron chi connectivity index (χ2n) is 4.21. The topological polar surface area (TPSA) is 37.4 Å². The molecule has 1 rings (SSSR count). The van der Waals surface area contributed by atoms with Crippen LogP contribution in [0.5, 0.6) is 0 Å². The molecule has 0 aliphatic heterocycles. The molecule has 0 amide bonds. The van der Waals surface area contributed by atoms with Crippen molar-refractivity contribution in [3.05, 3.63) is 23.9 Å². The number of methoxy groups -OCH3 is 1. The third-order valence-electron chi connectivity index (χ3n) is 2.51. The maximum atomic E-state index is 5.05. The van der Waals surface area contributed by atoms with E-state index in [4.69, 9.17) is 4.74 Å². The van der Waals surface area contributed by atoms with Crippen molar-refractivity contribution in [3.8, 4) is 0 Å². The van der Waals surface area contributed by atoms with Crippen LogP contribution in [-0.2, 0) is 11.3 Å². The molecule has 0 saturated carbocycles. The molecule has 0 fully saturated rings. The van der Waals surface area contributed by atoms with Gasteiger partial charge in [0.25, 0.3) is 0 Å². The van der Waals surface area contributed by atoms with Gasteiger partial charge in [0.05, 0.1) is 6.61 Å². The van der Waals surface area contributed by atoms with E-state index in [9.17, 15) is 0 Å². The fraction of sp³-hybridized carbons (Fsp3) is 0.615. The Bertz CT molecular complexity index is 300. The van der Waals surface area contributed by atoms with Crippen molar-refractivity contribution >= 4 is 5.82 Å². The van der Waals surface area contributed by atoms with E-state index in [-0.39, 0.29) is 0 Å². The average Bonchev–Trinajstić information content (AvgIpc) is 2.35. The molecule has 0 aliphatic rings. The molecule has 1 aromatic rings. The highest BCUT2D eigenvalue weighted by Crippen LogP contribution is 2.07. The quantitative estimate of drug-likeness (QED) is 0.750. The van der Waals surface area contributed by atoms with E-state index in [0.717, 1.165) is 38.5 Å². The van der Waals surface area contributed by atoms with Crippen molar-refractivity contribution in [2.24, 2.45) is 0 Å². The predicted molar refractivity (Wildman–Crippen MR) is 71.2 cm³/mol. The summed E-state index contributed by atoms with van der Waals surface area (Å²) in [5, 5.41) is 3.26. The van der Waals surface area contributed by atoms with Crippen LogP contribution in [0.1, 0.15) is 18.9 Å². The number of pyridine rings is 1. The zero-order valence-corrected chi connectivity index (χ0v) is 11.1. The highest BCUT2D eigenvalue weighted by molar-refractivity contribution is 5.35. The zero-order chi connectivity index (χ0) is 12.5. The van der Waals surface area contributed by atoms with Crippen molar-refractivity contribution < 1.29 is 4.74 Å². The molecule has 0 saturated heterocycles. The first kappa shape index (κ1) is 13.9. The number of likely N-dealkylation sites (N-methyl/N-ethyl adjacent to an activating group) is 1. The Morgan fingerprint density at radius 3 is 2.82 bits per heavy atom. The number of nitrogens with one attached hydrogen (secondary N) is 1. The fourth-order valence-electron chi connectivity index (χ4n) is 1.51. The molecule has 96 valence electrons. The summed E-state index contributed by atoms with van der Waals surface area (Å²) in [6.07, 6.45) is 3.05. The molecule has 17 heavy (non-hydrogen) atoms. The van der Waals surface area contributed by atoms with Gasteiger partial charge in [-0.3, -0.25) is 4.90 Å². The van der Waals surface area contributed by atoms with Crippen LogP contribution in [0.15, 0.2) is 18.3 Å². The second-order valence-corrected chi connectivity index (χ2v) is 4.21. The Kier molecular flexibility index (Phi) is 6.58. The maximum Gasteiger partial charge on any atom is 0.125 e. The van der Waals surface area contributed by atoms with Gasteiger partial charge in [0.2, 0.25) is 0 Å². The van der Waals surface area contributed by atoms with Crippen LogP contribution in [0.3, 0.4) is 0 Å². The van der Waals surface area contributed by atoms with Gasteiger partial charge in [0.1, 0.15) is 5.82 Å². The van der Waals surface area contributed by atoms with Crippen LogP contribution in [0.4, 0.5) is 5.82 Å². The highest BCUT2D eigenvalue weighted by atomic mass is 16.5. The van der Waals surface area contributed by atoms with E-state index in [1.165, 1.54) is 5.56 Å². The highest BCUT2D eigenvalue weighted by Gasteiger charge is 2.00. The molecule has 1 heterocycles. The third-order valence-corrected chi connectivity index (χ3v) is 2.51. The van der Waals surface area contributed by atoms with E-state index in [1.807, 2.05) is 12.3 Å². The van der Waals surface area contributed by atoms with Gasteiger partial charge in [0, 0.05) is 32.9 Å². The van der Waals surface area contributed by atoms with Crippen LogP contribution in [0, 0.1) is 0 Å². The van der Waals surface area contributed by atoms with Crippen molar-refractivity contribution in [2.75, 3.05) is 39.2 Å². The van der Waals surface area contributed by atoms with E-state index in [1.54, 1.807) is 7.11 Å². The maximum absolute atomic E-state index is 5.05. The van der Waals surface area contributed by atoms with Crippen molar-refractivity contribution in [1.29, 1.82) is 0 Å². The summed E-state index contributed by atoms with van der Waals surface area (Å²) in [4.78, 5) is 6.60. The lowest BCUT2D eigenvalue weighted by Gasteiger charge is -2.15. The molecule has 0 bridgehead atoms. The molecule has 0 aromatic carbocycles. The largest absolute Gasteiger partial charge is 0.383 e. The molecule has 0 unspecified atom stereocenters. The van der Waals surface area contributed by atoms with Crippen molar-refractivity contribution in [1.82, 2.24) is 9.88 Å². The van der Waals surface area contributed by atoms with E-state index < -0.39 is 0 Å². The SMILES string of the molecule is CCCNc1ccc(CN(C)CCOC)cn1. The summed E-state index contributed by atoms with van der Waals surface area (Å²) >= 11 is 0. The monoisotopic (exact) mass is 237 g/mol. The van der Waals surface area contributed by atoms with Gasteiger partial charge in [-0.05, 0) is 25.1 Å². The number of anilines is 1. The zero-order valence-electron chi connectivity index (χ0n) is 11.1. The van der Waals surface area contributed by atoms with Crippen LogP contribution < -0.4 is 5.32 Å². The normalized spacial score (nSPS) is 10.8. The van der Waals surface area contributed by atoms with Gasteiger partial charge >= 0.3 is 0 Å². The van der Waals surface area contributed by atoms with Crippen molar-refractivity contribution in [2.45, 2.75) is 19.9 Å². The molecular formula is C13H23N3O. The molecule has 0 aliphatic carbocycles. The summed E-state index contributed by atoms with van der Waals surface area (Å²) in [7, 11) is 3.81. The Morgan fingerprint density at radius 2 is 2.24 bits per heavy atom. The van der Waals surface area contributed by atoms with Crippen LogP contribution in [-0.4, -0.2) is 43.7 Å². The lowest BCUT2D eigenvalue weighted by molar-refractivity contribution is 0.158. The lowest BCUT2D eigenvalue weighted by atomic mass is 10.2. The fourth-order valence-corrected chi connectivity index (χ4v) is 1.51.